The zero-order chi connectivity index (χ0) is 10.1. The Morgan fingerprint density at radius 3 is 2.86 bits per heavy atom. The quantitative estimate of drug-likeness (QED) is 0.456. The second kappa shape index (κ2) is 3.71. The average Bonchev–Trinajstić information content (AvgIpc) is 2.47. The smallest absolute Gasteiger partial charge is 0.293 e. The van der Waals surface area contributed by atoms with Crippen molar-refractivity contribution < 1.29 is 14.4 Å². The minimum absolute atomic E-state index is 0.0244. The third kappa shape index (κ3) is 1.67. The molecule has 0 aliphatic carbocycles. The Hall–Kier alpha value is -0.875. The number of carbonyl (C=O) groups is 3. The fourth-order valence-corrected chi connectivity index (χ4v) is 2.54. The standard InChI is InChI=1S/C8H7BNO3S/c11-4-9-10-2-5-1-7(13)14-8(5)6(12)3-10/h4H,1-3H2. The number of hydrogen-bond acceptors (Lipinski definition) is 5. The number of hydrogen-bond donors (Lipinski definition) is 0. The minimum Gasteiger partial charge on any atom is -0.330 e. The van der Waals surface area contributed by atoms with E-state index in [0.29, 0.717) is 24.1 Å². The zero-order valence-corrected chi connectivity index (χ0v) is 8.17. The highest BCUT2D eigenvalue weighted by Gasteiger charge is 2.33. The summed E-state index contributed by atoms with van der Waals surface area (Å²) < 4.78 is 0. The Balaban J connectivity index is 2.17. The van der Waals surface area contributed by atoms with Gasteiger partial charge in [-0.2, -0.15) is 0 Å². The van der Waals surface area contributed by atoms with Gasteiger partial charge in [0, 0.05) is 13.0 Å². The Labute approximate surface area is 86.0 Å². The molecule has 14 heavy (non-hydrogen) atoms. The van der Waals surface area contributed by atoms with E-state index in [-0.39, 0.29) is 17.4 Å². The number of carbonyl (C=O) groups excluding carboxylic acids is 3. The van der Waals surface area contributed by atoms with Gasteiger partial charge in [-0.3, -0.25) is 9.59 Å². The third-order valence-corrected chi connectivity index (χ3v) is 3.25. The van der Waals surface area contributed by atoms with E-state index in [1.165, 1.54) is 7.41 Å². The molecule has 0 aromatic rings. The van der Waals surface area contributed by atoms with E-state index in [1.54, 1.807) is 4.81 Å². The van der Waals surface area contributed by atoms with Gasteiger partial charge in [0.05, 0.1) is 17.6 Å². The van der Waals surface area contributed by atoms with Gasteiger partial charge >= 0.3 is 0 Å². The van der Waals surface area contributed by atoms with Crippen LogP contribution in [-0.4, -0.2) is 42.4 Å². The highest BCUT2D eigenvalue weighted by atomic mass is 32.2. The van der Waals surface area contributed by atoms with E-state index < -0.39 is 0 Å². The molecule has 0 aromatic heterocycles. The highest BCUT2D eigenvalue weighted by molar-refractivity contribution is 8.18. The van der Waals surface area contributed by atoms with Crippen LogP contribution in [0.25, 0.3) is 0 Å². The van der Waals surface area contributed by atoms with Gasteiger partial charge in [0.2, 0.25) is 0 Å². The van der Waals surface area contributed by atoms with E-state index in [4.69, 9.17) is 0 Å². The predicted molar refractivity (Wildman–Crippen MR) is 53.3 cm³/mol. The second-order valence-electron chi connectivity index (χ2n) is 3.20. The Kier molecular flexibility index (Phi) is 2.56. The first-order valence-corrected chi connectivity index (χ1v) is 5.01. The largest absolute Gasteiger partial charge is 0.330 e. The summed E-state index contributed by atoms with van der Waals surface area (Å²) in [7, 11) is 1.34. The maximum atomic E-state index is 11.5. The summed E-state index contributed by atoms with van der Waals surface area (Å²) in [5.41, 5.74) is 0.856. The lowest BCUT2D eigenvalue weighted by molar-refractivity contribution is -0.115. The van der Waals surface area contributed by atoms with Crippen LogP contribution < -0.4 is 0 Å². The molecule has 2 heterocycles. The van der Waals surface area contributed by atoms with E-state index in [9.17, 15) is 14.4 Å². The number of Topliss-reactive ketones (excluding diaryl/α,β-unsaturated/α-hetero) is 1. The van der Waals surface area contributed by atoms with E-state index in [2.05, 4.69) is 0 Å². The predicted octanol–water partition coefficient (Wildman–Crippen LogP) is -0.402. The number of ketones is 1. The summed E-state index contributed by atoms with van der Waals surface area (Å²) in [6.45, 7) is 0.733. The van der Waals surface area contributed by atoms with Crippen molar-refractivity contribution in [3.8, 4) is 0 Å². The number of rotatable bonds is 2. The summed E-state index contributed by atoms with van der Waals surface area (Å²) >= 11 is 1.04. The first kappa shape index (κ1) is 9.67. The molecule has 0 aromatic carbocycles. The van der Waals surface area contributed by atoms with Crippen molar-refractivity contribution in [3.63, 3.8) is 0 Å². The summed E-state index contributed by atoms with van der Waals surface area (Å²) in [5, 5.41) is 0.0244. The zero-order valence-electron chi connectivity index (χ0n) is 7.36. The lowest BCUT2D eigenvalue weighted by Crippen LogP contribution is -2.39. The fourth-order valence-electron chi connectivity index (χ4n) is 1.61. The Bertz CT molecular complexity index is 352. The third-order valence-electron chi connectivity index (χ3n) is 2.16. The van der Waals surface area contributed by atoms with Gasteiger partial charge in [0.15, 0.2) is 10.9 Å². The van der Waals surface area contributed by atoms with Crippen LogP contribution in [0.3, 0.4) is 0 Å². The van der Waals surface area contributed by atoms with E-state index in [0.717, 1.165) is 17.3 Å². The van der Waals surface area contributed by atoms with Crippen LogP contribution in [0.1, 0.15) is 6.42 Å². The molecular weight excluding hydrogens is 201 g/mol. The lowest BCUT2D eigenvalue weighted by atomic mass is 9.90. The van der Waals surface area contributed by atoms with Crippen LogP contribution in [0.2, 0.25) is 0 Å². The molecular formula is C8H7BNO3S. The van der Waals surface area contributed by atoms with Crippen molar-refractivity contribution >= 4 is 36.3 Å². The van der Waals surface area contributed by atoms with Gasteiger partial charge in [0.1, 0.15) is 0 Å². The molecule has 1 radical (unpaired) electrons. The molecule has 0 fully saturated rings. The average molecular weight is 208 g/mol. The second-order valence-corrected chi connectivity index (χ2v) is 4.26. The molecule has 0 saturated heterocycles. The van der Waals surface area contributed by atoms with Crippen LogP contribution in [-0.2, 0) is 14.4 Å². The molecule has 2 aliphatic heterocycles. The van der Waals surface area contributed by atoms with E-state index >= 15 is 0 Å². The van der Waals surface area contributed by atoms with Crippen LogP contribution in [0, 0.1) is 0 Å². The Morgan fingerprint density at radius 2 is 2.14 bits per heavy atom. The lowest BCUT2D eigenvalue weighted by Gasteiger charge is -2.23. The number of thioether (sulfide) groups is 1. The van der Waals surface area contributed by atoms with Crippen molar-refractivity contribution in [2.45, 2.75) is 6.42 Å². The first-order valence-electron chi connectivity index (χ1n) is 4.19. The fraction of sp³-hybridized carbons (Fsp3) is 0.375. The van der Waals surface area contributed by atoms with Crippen molar-refractivity contribution in [2.75, 3.05) is 13.1 Å². The maximum absolute atomic E-state index is 11.5. The monoisotopic (exact) mass is 208 g/mol. The van der Waals surface area contributed by atoms with Crippen LogP contribution >= 0.6 is 11.8 Å². The van der Waals surface area contributed by atoms with Crippen molar-refractivity contribution in [3.05, 3.63) is 10.5 Å². The molecule has 0 amide bonds. The van der Waals surface area contributed by atoms with Crippen molar-refractivity contribution in [1.29, 1.82) is 0 Å². The summed E-state index contributed by atoms with van der Waals surface area (Å²) in [6.07, 6.45) is 0.998. The van der Waals surface area contributed by atoms with Crippen LogP contribution in [0.4, 0.5) is 0 Å². The molecule has 0 N–H and O–H groups in total. The topological polar surface area (TPSA) is 54.5 Å². The van der Waals surface area contributed by atoms with Gasteiger partial charge in [-0.25, -0.2) is 0 Å². The van der Waals surface area contributed by atoms with Gasteiger partial charge in [0.25, 0.3) is 7.41 Å². The SMILES string of the molecule is O=C[B]N1CC(=O)C2=C(CC(=O)S2)C1. The highest BCUT2D eigenvalue weighted by Crippen LogP contribution is 2.35. The molecule has 2 aliphatic rings. The molecule has 71 valence electrons. The van der Waals surface area contributed by atoms with Crippen molar-refractivity contribution in [2.24, 2.45) is 0 Å². The summed E-state index contributed by atoms with van der Waals surface area (Å²) in [6, 6.07) is 0. The van der Waals surface area contributed by atoms with Gasteiger partial charge < -0.3 is 9.61 Å². The molecule has 0 atom stereocenters. The molecule has 4 nitrogen and oxygen atoms in total. The number of nitrogens with zero attached hydrogens (tertiary/aromatic N) is 1. The van der Waals surface area contributed by atoms with E-state index in [1.807, 2.05) is 0 Å². The van der Waals surface area contributed by atoms with Gasteiger partial charge in [-0.15, -0.1) is 0 Å². The van der Waals surface area contributed by atoms with Crippen molar-refractivity contribution in [1.82, 2.24) is 4.81 Å². The van der Waals surface area contributed by atoms with Crippen LogP contribution in [0.15, 0.2) is 10.5 Å². The molecule has 0 saturated carbocycles. The maximum Gasteiger partial charge on any atom is 0.293 e. The van der Waals surface area contributed by atoms with Crippen LogP contribution in [0.5, 0.6) is 0 Å². The molecule has 0 unspecified atom stereocenters. The first-order chi connectivity index (χ1) is 6.70. The summed E-state index contributed by atoms with van der Waals surface area (Å²) in [4.78, 5) is 35.1. The normalized spacial score (nSPS) is 22.6. The molecule has 0 spiro atoms. The molecule has 2 rings (SSSR count). The van der Waals surface area contributed by atoms with Gasteiger partial charge in [-0.1, -0.05) is 0 Å². The molecule has 6 heteroatoms. The summed E-state index contributed by atoms with van der Waals surface area (Å²) in [5.74, 6) is -0.0554. The minimum atomic E-state index is -0.0554. The Morgan fingerprint density at radius 1 is 1.36 bits per heavy atom. The molecule has 0 bridgehead atoms. The van der Waals surface area contributed by atoms with Gasteiger partial charge in [-0.05, 0) is 17.3 Å².